The second-order valence-corrected chi connectivity index (χ2v) is 4.42. The zero-order valence-electron chi connectivity index (χ0n) is 9.58. The van der Waals surface area contributed by atoms with Crippen LogP contribution in [0, 0.1) is 13.8 Å². The largest absolute Gasteiger partial charge is 0.326 e. The average Bonchev–Trinajstić information content (AvgIpc) is 2.69. The highest BCUT2D eigenvalue weighted by Crippen LogP contribution is 2.32. The molecule has 1 aliphatic rings. The molecule has 1 fully saturated rings. The third-order valence-corrected chi connectivity index (χ3v) is 3.36. The van der Waals surface area contributed by atoms with E-state index < -0.39 is 0 Å². The molecule has 2 rings (SSSR count). The van der Waals surface area contributed by atoms with E-state index in [9.17, 15) is 0 Å². The molecule has 0 aromatic carbocycles. The van der Waals surface area contributed by atoms with Gasteiger partial charge < -0.3 is 5.73 Å². The van der Waals surface area contributed by atoms with Gasteiger partial charge in [-0.3, -0.25) is 0 Å². The summed E-state index contributed by atoms with van der Waals surface area (Å²) in [5, 5.41) is 0. The van der Waals surface area contributed by atoms with Crippen molar-refractivity contribution in [3.63, 3.8) is 0 Å². The van der Waals surface area contributed by atoms with Crippen LogP contribution in [0.5, 0.6) is 0 Å². The molecular formula is C12H19N3. The predicted octanol–water partition coefficient (Wildman–Crippen LogP) is 2.21. The van der Waals surface area contributed by atoms with Crippen LogP contribution < -0.4 is 5.73 Å². The van der Waals surface area contributed by atoms with Crippen LogP contribution >= 0.6 is 0 Å². The monoisotopic (exact) mass is 205 g/mol. The molecule has 0 bridgehead atoms. The van der Waals surface area contributed by atoms with E-state index in [1.54, 1.807) is 0 Å². The molecule has 3 nitrogen and oxygen atoms in total. The van der Waals surface area contributed by atoms with E-state index in [1.807, 2.05) is 13.8 Å². The van der Waals surface area contributed by atoms with Crippen molar-refractivity contribution in [3.8, 4) is 0 Å². The number of hydrogen-bond donors (Lipinski definition) is 1. The van der Waals surface area contributed by atoms with E-state index in [4.69, 9.17) is 5.73 Å². The number of aromatic nitrogens is 2. The smallest absolute Gasteiger partial charge is 0.131 e. The third kappa shape index (κ3) is 2.02. The number of aryl methyl sites for hydroxylation is 2. The fraction of sp³-hybridized carbons (Fsp3) is 0.667. The van der Waals surface area contributed by atoms with Crippen LogP contribution in [0.4, 0.5) is 0 Å². The molecule has 15 heavy (non-hydrogen) atoms. The summed E-state index contributed by atoms with van der Waals surface area (Å²) in [5.41, 5.74) is 8.91. The lowest BCUT2D eigenvalue weighted by Crippen LogP contribution is -2.10. The first-order valence-electron chi connectivity index (χ1n) is 5.76. The molecular weight excluding hydrogens is 186 g/mol. The summed E-state index contributed by atoms with van der Waals surface area (Å²) in [4.78, 5) is 9.19. The molecule has 0 radical (unpaired) electrons. The van der Waals surface area contributed by atoms with Gasteiger partial charge in [-0.2, -0.15) is 0 Å². The molecule has 2 N–H and O–H groups in total. The standard InChI is InChI=1S/C12H19N3/c1-8-11(7-13)9(2)15-12(14-8)10-5-3-4-6-10/h10H,3-7,13H2,1-2H3. The predicted molar refractivity (Wildman–Crippen MR) is 60.6 cm³/mol. The summed E-state index contributed by atoms with van der Waals surface area (Å²) in [6, 6.07) is 0. The molecule has 1 saturated carbocycles. The van der Waals surface area contributed by atoms with Crippen molar-refractivity contribution in [1.29, 1.82) is 0 Å². The van der Waals surface area contributed by atoms with Gasteiger partial charge in [-0.15, -0.1) is 0 Å². The van der Waals surface area contributed by atoms with Crippen LogP contribution in [0.3, 0.4) is 0 Å². The minimum atomic E-state index is 0.544. The van der Waals surface area contributed by atoms with Crippen LogP contribution in [0.1, 0.15) is 54.4 Å². The summed E-state index contributed by atoms with van der Waals surface area (Å²) < 4.78 is 0. The second kappa shape index (κ2) is 4.27. The van der Waals surface area contributed by atoms with Crippen molar-refractivity contribution in [2.75, 3.05) is 0 Å². The SMILES string of the molecule is Cc1nc(C2CCCC2)nc(C)c1CN. The highest BCUT2D eigenvalue weighted by atomic mass is 14.9. The Labute approximate surface area is 91.1 Å². The van der Waals surface area contributed by atoms with Gasteiger partial charge in [0, 0.05) is 29.4 Å². The topological polar surface area (TPSA) is 51.8 Å². The van der Waals surface area contributed by atoms with Gasteiger partial charge in [0.2, 0.25) is 0 Å². The maximum atomic E-state index is 5.68. The van der Waals surface area contributed by atoms with Gasteiger partial charge >= 0.3 is 0 Å². The van der Waals surface area contributed by atoms with E-state index in [-0.39, 0.29) is 0 Å². The lowest BCUT2D eigenvalue weighted by molar-refractivity contribution is 0.655. The van der Waals surface area contributed by atoms with Gasteiger partial charge in [-0.05, 0) is 26.7 Å². The number of hydrogen-bond acceptors (Lipinski definition) is 3. The Balaban J connectivity index is 2.33. The fourth-order valence-electron chi connectivity index (χ4n) is 2.43. The quantitative estimate of drug-likeness (QED) is 0.805. The average molecular weight is 205 g/mol. The molecule has 0 amide bonds. The number of rotatable bonds is 2. The summed E-state index contributed by atoms with van der Waals surface area (Å²) in [5.74, 6) is 1.63. The van der Waals surface area contributed by atoms with Crippen LogP contribution in [-0.2, 0) is 6.54 Å². The molecule has 0 saturated heterocycles. The van der Waals surface area contributed by atoms with Crippen molar-refractivity contribution in [2.45, 2.75) is 52.0 Å². The van der Waals surface area contributed by atoms with Crippen LogP contribution in [0.25, 0.3) is 0 Å². The first-order valence-corrected chi connectivity index (χ1v) is 5.76. The van der Waals surface area contributed by atoms with Crippen LogP contribution in [0.2, 0.25) is 0 Å². The zero-order chi connectivity index (χ0) is 10.8. The molecule has 1 aromatic heterocycles. The lowest BCUT2D eigenvalue weighted by Gasteiger charge is -2.12. The summed E-state index contributed by atoms with van der Waals surface area (Å²) in [6.45, 7) is 4.62. The lowest BCUT2D eigenvalue weighted by atomic mass is 10.1. The van der Waals surface area contributed by atoms with Crippen molar-refractivity contribution >= 4 is 0 Å². The number of nitrogens with two attached hydrogens (primary N) is 1. The molecule has 3 heteroatoms. The summed E-state index contributed by atoms with van der Waals surface area (Å²) in [6.07, 6.45) is 5.15. The maximum absolute atomic E-state index is 5.68. The van der Waals surface area contributed by atoms with E-state index in [0.29, 0.717) is 12.5 Å². The van der Waals surface area contributed by atoms with Gasteiger partial charge in [0.1, 0.15) is 5.82 Å². The first kappa shape index (κ1) is 10.6. The van der Waals surface area contributed by atoms with Crippen LogP contribution in [0.15, 0.2) is 0 Å². The van der Waals surface area contributed by atoms with Gasteiger partial charge in [-0.1, -0.05) is 12.8 Å². The number of nitrogens with zero attached hydrogens (tertiary/aromatic N) is 2. The van der Waals surface area contributed by atoms with E-state index in [1.165, 1.54) is 25.7 Å². The van der Waals surface area contributed by atoms with Gasteiger partial charge in [0.05, 0.1) is 0 Å². The third-order valence-electron chi connectivity index (χ3n) is 3.36. The van der Waals surface area contributed by atoms with Crippen molar-refractivity contribution in [3.05, 3.63) is 22.8 Å². The molecule has 1 aliphatic carbocycles. The summed E-state index contributed by atoms with van der Waals surface area (Å²) in [7, 11) is 0. The van der Waals surface area contributed by atoms with Gasteiger partial charge in [-0.25, -0.2) is 9.97 Å². The first-order chi connectivity index (χ1) is 7.22. The Hall–Kier alpha value is -0.960. The van der Waals surface area contributed by atoms with Gasteiger partial charge in [0.25, 0.3) is 0 Å². The molecule has 82 valence electrons. The Morgan fingerprint density at radius 3 is 2.13 bits per heavy atom. The second-order valence-electron chi connectivity index (χ2n) is 4.42. The summed E-state index contributed by atoms with van der Waals surface area (Å²) >= 11 is 0. The minimum absolute atomic E-state index is 0.544. The normalized spacial score (nSPS) is 17.3. The minimum Gasteiger partial charge on any atom is -0.326 e. The highest BCUT2D eigenvalue weighted by molar-refractivity contribution is 5.24. The van der Waals surface area contributed by atoms with E-state index in [0.717, 1.165) is 22.8 Å². The Kier molecular flexibility index (Phi) is 3.00. The fourth-order valence-corrected chi connectivity index (χ4v) is 2.43. The molecule has 0 atom stereocenters. The molecule has 0 aliphatic heterocycles. The van der Waals surface area contributed by atoms with E-state index >= 15 is 0 Å². The Bertz CT molecular complexity index is 331. The molecule has 0 spiro atoms. The van der Waals surface area contributed by atoms with Crippen molar-refractivity contribution < 1.29 is 0 Å². The maximum Gasteiger partial charge on any atom is 0.131 e. The van der Waals surface area contributed by atoms with Crippen molar-refractivity contribution in [1.82, 2.24) is 9.97 Å². The van der Waals surface area contributed by atoms with Gasteiger partial charge in [0.15, 0.2) is 0 Å². The molecule has 1 aromatic rings. The van der Waals surface area contributed by atoms with E-state index in [2.05, 4.69) is 9.97 Å². The molecule has 0 unspecified atom stereocenters. The Morgan fingerprint density at radius 2 is 1.67 bits per heavy atom. The zero-order valence-corrected chi connectivity index (χ0v) is 9.58. The Morgan fingerprint density at radius 1 is 1.13 bits per heavy atom. The van der Waals surface area contributed by atoms with Crippen LogP contribution in [-0.4, -0.2) is 9.97 Å². The highest BCUT2D eigenvalue weighted by Gasteiger charge is 2.20. The molecule has 1 heterocycles. The van der Waals surface area contributed by atoms with Crippen molar-refractivity contribution in [2.24, 2.45) is 5.73 Å².